The molecule has 0 N–H and O–H groups in total. The second kappa shape index (κ2) is 9.90. The van der Waals surface area contributed by atoms with Crippen LogP contribution in [0.3, 0.4) is 0 Å². The quantitative estimate of drug-likeness (QED) is 0.348. The molecule has 0 radical (unpaired) electrons. The van der Waals surface area contributed by atoms with Crippen LogP contribution in [0.1, 0.15) is 18.4 Å². The molecular formula is C27H25N3OS. The molecule has 4 nitrogen and oxygen atoms in total. The Kier molecular flexibility index (Phi) is 6.37. The first-order valence-electron chi connectivity index (χ1n) is 10.9. The highest BCUT2D eigenvalue weighted by Gasteiger charge is 2.15. The zero-order chi connectivity index (χ0) is 21.6. The van der Waals surface area contributed by atoms with Gasteiger partial charge in [-0.05, 0) is 29.5 Å². The highest BCUT2D eigenvalue weighted by Crippen LogP contribution is 2.25. The summed E-state index contributed by atoms with van der Waals surface area (Å²) in [6.07, 6.45) is 4.31. The van der Waals surface area contributed by atoms with Crippen molar-refractivity contribution in [1.29, 1.82) is 0 Å². The van der Waals surface area contributed by atoms with E-state index in [0.29, 0.717) is 6.54 Å². The largest absolute Gasteiger partial charge is 0.376 e. The van der Waals surface area contributed by atoms with Crippen molar-refractivity contribution in [2.24, 2.45) is 10.1 Å². The van der Waals surface area contributed by atoms with E-state index in [1.54, 1.807) is 11.3 Å². The molecule has 3 aromatic carbocycles. The number of benzene rings is 3. The van der Waals surface area contributed by atoms with Gasteiger partial charge in [-0.25, -0.2) is 4.68 Å². The number of thiazole rings is 1. The van der Waals surface area contributed by atoms with Gasteiger partial charge in [0, 0.05) is 17.6 Å². The molecule has 0 spiro atoms. The Bertz CT molecular complexity index is 1240. The summed E-state index contributed by atoms with van der Waals surface area (Å²) < 4.78 is 7.70. The maximum absolute atomic E-state index is 5.75. The molecule has 0 aliphatic carbocycles. The number of nitrogens with zero attached hydrogens (tertiary/aromatic N) is 3. The molecule has 1 aliphatic rings. The van der Waals surface area contributed by atoms with Crippen LogP contribution in [0.2, 0.25) is 0 Å². The van der Waals surface area contributed by atoms with Crippen LogP contribution in [0.5, 0.6) is 0 Å². The second-order valence-electron chi connectivity index (χ2n) is 7.79. The van der Waals surface area contributed by atoms with E-state index in [4.69, 9.17) is 14.8 Å². The van der Waals surface area contributed by atoms with E-state index in [9.17, 15) is 0 Å². The smallest absolute Gasteiger partial charge is 0.206 e. The molecule has 4 aromatic rings. The fourth-order valence-corrected chi connectivity index (χ4v) is 4.66. The van der Waals surface area contributed by atoms with Gasteiger partial charge in [-0.2, -0.15) is 5.10 Å². The first-order chi connectivity index (χ1) is 15.9. The van der Waals surface area contributed by atoms with Crippen molar-refractivity contribution in [2.45, 2.75) is 18.9 Å². The van der Waals surface area contributed by atoms with Gasteiger partial charge in [0.25, 0.3) is 0 Å². The lowest BCUT2D eigenvalue weighted by molar-refractivity contribution is 0.117. The second-order valence-corrected chi connectivity index (χ2v) is 8.63. The highest BCUT2D eigenvalue weighted by atomic mass is 32.1. The Hall–Kier alpha value is -3.28. The predicted octanol–water partition coefficient (Wildman–Crippen LogP) is 5.85. The summed E-state index contributed by atoms with van der Waals surface area (Å²) in [4.78, 5) is 5.74. The molecule has 5 heteroatoms. The average molecular weight is 440 g/mol. The number of hydrogen-bond acceptors (Lipinski definition) is 4. The van der Waals surface area contributed by atoms with Gasteiger partial charge in [-0.15, -0.1) is 11.3 Å². The van der Waals surface area contributed by atoms with Crippen LogP contribution in [-0.4, -0.2) is 30.1 Å². The fourth-order valence-electron chi connectivity index (χ4n) is 3.81. The maximum Gasteiger partial charge on any atom is 0.206 e. The van der Waals surface area contributed by atoms with Crippen LogP contribution in [0, 0.1) is 0 Å². The monoisotopic (exact) mass is 439 g/mol. The van der Waals surface area contributed by atoms with Crippen LogP contribution in [-0.2, 0) is 4.74 Å². The van der Waals surface area contributed by atoms with Gasteiger partial charge >= 0.3 is 0 Å². The van der Waals surface area contributed by atoms with Crippen molar-refractivity contribution in [3.05, 3.63) is 101 Å². The van der Waals surface area contributed by atoms with Crippen LogP contribution in [0.25, 0.3) is 22.4 Å². The Morgan fingerprint density at radius 1 is 0.875 bits per heavy atom. The molecular weight excluding hydrogens is 414 g/mol. The average Bonchev–Trinajstić information content (AvgIpc) is 3.53. The molecule has 1 saturated heterocycles. The zero-order valence-corrected chi connectivity index (χ0v) is 18.6. The molecule has 0 saturated carbocycles. The van der Waals surface area contributed by atoms with Crippen molar-refractivity contribution < 1.29 is 4.74 Å². The molecule has 1 unspecified atom stereocenters. The fraction of sp³-hybridized carbons (Fsp3) is 0.185. The summed E-state index contributed by atoms with van der Waals surface area (Å²) in [5.74, 6) is 0. The molecule has 2 heterocycles. The molecule has 0 amide bonds. The summed E-state index contributed by atoms with van der Waals surface area (Å²) in [5, 5.41) is 6.94. The lowest BCUT2D eigenvalue weighted by atomic mass is 10.0. The summed E-state index contributed by atoms with van der Waals surface area (Å²) in [5.41, 5.74) is 5.62. The zero-order valence-electron chi connectivity index (χ0n) is 17.8. The lowest BCUT2D eigenvalue weighted by Crippen LogP contribution is -2.17. The summed E-state index contributed by atoms with van der Waals surface area (Å²) >= 11 is 1.62. The third-order valence-corrected chi connectivity index (χ3v) is 6.40. The van der Waals surface area contributed by atoms with E-state index >= 15 is 0 Å². The third-order valence-electron chi connectivity index (χ3n) is 5.55. The minimum atomic E-state index is 0.220. The predicted molar refractivity (Wildman–Crippen MR) is 132 cm³/mol. The van der Waals surface area contributed by atoms with Gasteiger partial charge in [-0.1, -0.05) is 84.9 Å². The van der Waals surface area contributed by atoms with Gasteiger partial charge in [0.05, 0.1) is 24.6 Å². The van der Waals surface area contributed by atoms with E-state index in [-0.39, 0.29) is 6.10 Å². The molecule has 32 heavy (non-hydrogen) atoms. The topological polar surface area (TPSA) is 38.9 Å². The van der Waals surface area contributed by atoms with E-state index in [1.807, 2.05) is 47.3 Å². The van der Waals surface area contributed by atoms with Crippen molar-refractivity contribution in [2.75, 3.05) is 13.2 Å². The third kappa shape index (κ3) is 4.79. The van der Waals surface area contributed by atoms with Gasteiger partial charge in [0.1, 0.15) is 0 Å². The molecule has 1 aliphatic heterocycles. The van der Waals surface area contributed by atoms with Crippen molar-refractivity contribution in [3.63, 3.8) is 0 Å². The molecule has 1 atom stereocenters. The van der Waals surface area contributed by atoms with Gasteiger partial charge in [0.2, 0.25) is 4.80 Å². The van der Waals surface area contributed by atoms with Gasteiger partial charge in [0.15, 0.2) is 0 Å². The molecule has 0 bridgehead atoms. The Labute approximate surface area is 192 Å². The molecule has 1 aromatic heterocycles. The van der Waals surface area contributed by atoms with Crippen molar-refractivity contribution in [3.8, 4) is 22.4 Å². The molecule has 5 rings (SSSR count). The Morgan fingerprint density at radius 2 is 1.56 bits per heavy atom. The minimum absolute atomic E-state index is 0.220. The van der Waals surface area contributed by atoms with Crippen LogP contribution < -0.4 is 4.80 Å². The summed E-state index contributed by atoms with van der Waals surface area (Å²) in [6, 6.07) is 29.2. The highest BCUT2D eigenvalue weighted by molar-refractivity contribution is 7.07. The number of aromatic nitrogens is 1. The van der Waals surface area contributed by atoms with Crippen LogP contribution >= 0.6 is 11.3 Å². The number of rotatable bonds is 6. The Morgan fingerprint density at radius 3 is 2.28 bits per heavy atom. The Balaban J connectivity index is 1.49. The van der Waals surface area contributed by atoms with Gasteiger partial charge in [-0.3, -0.25) is 4.99 Å². The summed E-state index contributed by atoms with van der Waals surface area (Å²) in [7, 11) is 0. The summed E-state index contributed by atoms with van der Waals surface area (Å²) in [6.45, 7) is 1.52. The maximum atomic E-state index is 5.75. The standard InChI is InChI=1S/C27H25N3OS/c1-3-8-21(9-4-1)18-29-30-26(20-32-27(30)28-19-25-12-7-17-31-25)24-15-13-23(14-16-24)22-10-5-2-6-11-22/h1-6,8-11,13-16,18,20,25H,7,12,17,19H2/b28-27?,29-18+. The van der Waals surface area contributed by atoms with E-state index in [2.05, 4.69) is 53.9 Å². The number of hydrogen-bond donors (Lipinski definition) is 0. The molecule has 160 valence electrons. The SMILES string of the molecule is C(=N\n1c(-c2ccc(-c3ccccc3)cc2)csc1=NCC1CCCO1)/c1ccccc1. The lowest BCUT2D eigenvalue weighted by Gasteiger charge is -2.07. The van der Waals surface area contributed by atoms with Crippen LogP contribution in [0.4, 0.5) is 0 Å². The van der Waals surface area contributed by atoms with Crippen molar-refractivity contribution in [1.82, 2.24) is 4.68 Å². The van der Waals surface area contributed by atoms with E-state index < -0.39 is 0 Å². The van der Waals surface area contributed by atoms with Crippen molar-refractivity contribution >= 4 is 17.6 Å². The van der Waals surface area contributed by atoms with E-state index in [1.165, 1.54) is 11.1 Å². The van der Waals surface area contributed by atoms with E-state index in [0.717, 1.165) is 41.1 Å². The molecule has 1 fully saturated rings. The van der Waals surface area contributed by atoms with Crippen LogP contribution in [0.15, 0.2) is 100 Å². The first-order valence-corrected chi connectivity index (χ1v) is 11.8. The first kappa shape index (κ1) is 20.6. The minimum Gasteiger partial charge on any atom is -0.376 e. The number of ether oxygens (including phenoxy) is 1. The van der Waals surface area contributed by atoms with Gasteiger partial charge < -0.3 is 4.74 Å². The normalized spacial score (nSPS) is 16.8.